The molecule has 4 heteroatoms. The molecule has 1 nitrogen and oxygen atoms in total. The predicted octanol–water partition coefficient (Wildman–Crippen LogP) is 2.84. The van der Waals surface area contributed by atoms with E-state index in [1.54, 1.807) is 13.0 Å². The molecular weight excluding hydrogens is 242 g/mol. The van der Waals surface area contributed by atoms with E-state index in [-0.39, 0.29) is 5.56 Å². The summed E-state index contributed by atoms with van der Waals surface area (Å²) >= 11 is 3.15. The molecule has 0 radical (unpaired) electrons. The molecule has 0 bridgehead atoms. The van der Waals surface area contributed by atoms with Gasteiger partial charge < -0.3 is 5.11 Å². The van der Waals surface area contributed by atoms with Crippen molar-refractivity contribution >= 4 is 15.9 Å². The number of alkyl halides is 2. The first-order valence-corrected chi connectivity index (χ1v) is 4.52. The van der Waals surface area contributed by atoms with Crippen molar-refractivity contribution in [2.45, 2.75) is 12.8 Å². The van der Waals surface area contributed by atoms with Crippen LogP contribution in [0.5, 0.6) is 0 Å². The zero-order valence-corrected chi connectivity index (χ0v) is 8.61. The van der Waals surface area contributed by atoms with Gasteiger partial charge in [0.25, 0.3) is 5.92 Å². The van der Waals surface area contributed by atoms with E-state index >= 15 is 0 Å². The summed E-state index contributed by atoms with van der Waals surface area (Å²) in [5, 5.41) is 8.50. The van der Waals surface area contributed by atoms with Crippen LogP contribution >= 0.6 is 15.9 Å². The monoisotopic (exact) mass is 250 g/mol. The van der Waals surface area contributed by atoms with Gasteiger partial charge >= 0.3 is 0 Å². The second kappa shape index (κ2) is 3.72. The van der Waals surface area contributed by atoms with Crippen molar-refractivity contribution in [1.29, 1.82) is 0 Å². The van der Waals surface area contributed by atoms with Gasteiger partial charge in [-0.3, -0.25) is 0 Å². The van der Waals surface area contributed by atoms with Crippen LogP contribution in [0.3, 0.4) is 0 Å². The Morgan fingerprint density at radius 1 is 1.46 bits per heavy atom. The minimum Gasteiger partial charge on any atom is -0.390 e. The van der Waals surface area contributed by atoms with Gasteiger partial charge in [-0.1, -0.05) is 28.1 Å². The molecular formula is C9H9BrF2O. The Bertz CT molecular complexity index is 312. The Morgan fingerprint density at radius 2 is 2.08 bits per heavy atom. The van der Waals surface area contributed by atoms with Gasteiger partial charge in [0.2, 0.25) is 0 Å². The maximum Gasteiger partial charge on any atom is 0.296 e. The third-order valence-electron chi connectivity index (χ3n) is 1.86. The van der Waals surface area contributed by atoms with Gasteiger partial charge in [0, 0.05) is 10.0 Å². The molecule has 0 aliphatic rings. The van der Waals surface area contributed by atoms with Gasteiger partial charge in [0.15, 0.2) is 0 Å². The number of aliphatic hydroxyl groups excluding tert-OH is 1. The topological polar surface area (TPSA) is 20.2 Å². The normalized spacial score (nSPS) is 11.8. The molecule has 1 rings (SSSR count). The number of hydrogen-bond donors (Lipinski definition) is 1. The Balaban J connectivity index is 3.22. The molecule has 13 heavy (non-hydrogen) atoms. The standard InChI is InChI=1S/C9H9BrF2O/c1-6-7(9(11,12)5-13)3-2-4-8(6)10/h2-4,13H,5H2,1H3. The van der Waals surface area contributed by atoms with Gasteiger partial charge in [-0.2, -0.15) is 8.78 Å². The minimum atomic E-state index is -3.16. The van der Waals surface area contributed by atoms with Crippen LogP contribution in [-0.2, 0) is 5.92 Å². The molecule has 1 aromatic carbocycles. The zero-order chi connectivity index (χ0) is 10.1. The van der Waals surface area contributed by atoms with Crippen LogP contribution in [0.4, 0.5) is 8.78 Å². The molecule has 0 atom stereocenters. The highest BCUT2D eigenvalue weighted by molar-refractivity contribution is 9.10. The smallest absolute Gasteiger partial charge is 0.296 e. The van der Waals surface area contributed by atoms with Crippen LogP contribution in [-0.4, -0.2) is 11.7 Å². The molecule has 0 spiro atoms. The first-order chi connectivity index (χ1) is 5.99. The summed E-state index contributed by atoms with van der Waals surface area (Å²) < 4.78 is 26.7. The van der Waals surface area contributed by atoms with E-state index < -0.39 is 12.5 Å². The first-order valence-electron chi connectivity index (χ1n) is 3.73. The van der Waals surface area contributed by atoms with Crippen molar-refractivity contribution in [3.05, 3.63) is 33.8 Å². The molecule has 0 aromatic heterocycles. The van der Waals surface area contributed by atoms with Crippen LogP contribution in [0.1, 0.15) is 11.1 Å². The highest BCUT2D eigenvalue weighted by atomic mass is 79.9. The van der Waals surface area contributed by atoms with Crippen LogP contribution in [0, 0.1) is 6.92 Å². The number of hydrogen-bond acceptors (Lipinski definition) is 1. The number of halogens is 3. The molecule has 0 saturated carbocycles. The average molecular weight is 251 g/mol. The molecule has 72 valence electrons. The van der Waals surface area contributed by atoms with E-state index in [9.17, 15) is 8.78 Å². The molecule has 0 amide bonds. The fourth-order valence-corrected chi connectivity index (χ4v) is 1.46. The molecule has 0 fully saturated rings. The summed E-state index contributed by atoms with van der Waals surface area (Å²) in [7, 11) is 0. The summed E-state index contributed by atoms with van der Waals surface area (Å²) in [4.78, 5) is 0. The Hall–Kier alpha value is -0.480. The van der Waals surface area contributed by atoms with Crippen molar-refractivity contribution in [2.24, 2.45) is 0 Å². The summed E-state index contributed by atoms with van der Waals surface area (Å²) in [5.74, 6) is -3.16. The maximum absolute atomic E-state index is 13.1. The molecule has 0 unspecified atom stereocenters. The van der Waals surface area contributed by atoms with Gasteiger partial charge in [-0.05, 0) is 18.6 Å². The van der Waals surface area contributed by atoms with E-state index in [2.05, 4.69) is 15.9 Å². The molecule has 0 heterocycles. The Labute approximate surface area is 83.5 Å². The molecule has 0 aliphatic carbocycles. The van der Waals surface area contributed by atoms with Gasteiger partial charge in [-0.15, -0.1) is 0 Å². The third-order valence-corrected chi connectivity index (χ3v) is 2.72. The van der Waals surface area contributed by atoms with Gasteiger partial charge in [0.05, 0.1) is 0 Å². The third kappa shape index (κ3) is 2.06. The van der Waals surface area contributed by atoms with E-state index in [0.717, 1.165) is 0 Å². The molecule has 1 aromatic rings. The molecule has 1 N–H and O–H groups in total. The van der Waals surface area contributed by atoms with Crippen molar-refractivity contribution in [1.82, 2.24) is 0 Å². The second-order valence-corrected chi connectivity index (χ2v) is 3.63. The highest BCUT2D eigenvalue weighted by Crippen LogP contribution is 2.32. The Morgan fingerprint density at radius 3 is 2.62 bits per heavy atom. The number of benzene rings is 1. The molecule has 0 aliphatic heterocycles. The SMILES string of the molecule is Cc1c(Br)cccc1C(F)(F)CO. The van der Waals surface area contributed by atoms with Crippen LogP contribution in [0.25, 0.3) is 0 Å². The summed E-state index contributed by atoms with van der Waals surface area (Å²) in [5.41, 5.74) is 0.325. The Kier molecular flexibility index (Phi) is 3.03. The van der Waals surface area contributed by atoms with Crippen molar-refractivity contribution in [3.63, 3.8) is 0 Å². The fraction of sp³-hybridized carbons (Fsp3) is 0.333. The summed E-state index contributed by atoms with van der Waals surface area (Å²) in [6, 6.07) is 4.53. The lowest BCUT2D eigenvalue weighted by Gasteiger charge is -2.16. The van der Waals surface area contributed by atoms with Gasteiger partial charge in [0.1, 0.15) is 6.61 Å². The van der Waals surface area contributed by atoms with E-state index in [0.29, 0.717) is 10.0 Å². The lowest BCUT2D eigenvalue weighted by atomic mass is 10.0. The fourth-order valence-electron chi connectivity index (χ4n) is 1.09. The number of aliphatic hydroxyl groups is 1. The van der Waals surface area contributed by atoms with Crippen molar-refractivity contribution < 1.29 is 13.9 Å². The lowest BCUT2D eigenvalue weighted by Crippen LogP contribution is -2.19. The molecule has 0 saturated heterocycles. The minimum absolute atomic E-state index is 0.135. The average Bonchev–Trinajstić information content (AvgIpc) is 2.09. The lowest BCUT2D eigenvalue weighted by molar-refractivity contribution is -0.0561. The zero-order valence-electron chi connectivity index (χ0n) is 7.02. The highest BCUT2D eigenvalue weighted by Gasteiger charge is 2.32. The van der Waals surface area contributed by atoms with Crippen molar-refractivity contribution in [3.8, 4) is 0 Å². The van der Waals surface area contributed by atoms with Crippen LogP contribution in [0.15, 0.2) is 22.7 Å². The van der Waals surface area contributed by atoms with E-state index in [4.69, 9.17) is 5.11 Å². The quantitative estimate of drug-likeness (QED) is 0.856. The second-order valence-electron chi connectivity index (χ2n) is 2.77. The first kappa shape index (κ1) is 10.6. The largest absolute Gasteiger partial charge is 0.390 e. The summed E-state index contributed by atoms with van der Waals surface area (Å²) in [6.07, 6.45) is 0. The predicted molar refractivity (Wildman–Crippen MR) is 49.9 cm³/mol. The van der Waals surface area contributed by atoms with Gasteiger partial charge in [-0.25, -0.2) is 0 Å². The van der Waals surface area contributed by atoms with Crippen LogP contribution in [0.2, 0.25) is 0 Å². The number of rotatable bonds is 2. The van der Waals surface area contributed by atoms with Crippen LogP contribution < -0.4 is 0 Å². The van der Waals surface area contributed by atoms with E-state index in [1.807, 2.05) is 0 Å². The van der Waals surface area contributed by atoms with E-state index in [1.165, 1.54) is 12.1 Å². The van der Waals surface area contributed by atoms with Crippen molar-refractivity contribution in [2.75, 3.05) is 6.61 Å². The maximum atomic E-state index is 13.1. The summed E-state index contributed by atoms with van der Waals surface area (Å²) in [6.45, 7) is 0.424.